The van der Waals surface area contributed by atoms with Crippen LogP contribution < -0.4 is 0 Å². The van der Waals surface area contributed by atoms with Gasteiger partial charge in [-0.25, -0.2) is 9.79 Å². The summed E-state index contributed by atoms with van der Waals surface area (Å²) >= 11 is 0. The molecule has 0 aliphatic heterocycles. The summed E-state index contributed by atoms with van der Waals surface area (Å²) in [7, 11) is 0. The van der Waals surface area contributed by atoms with Crippen LogP contribution in [-0.2, 0) is 9.59 Å². The summed E-state index contributed by atoms with van der Waals surface area (Å²) in [5.41, 5.74) is 0.667. The molecule has 0 aromatic carbocycles. The predicted octanol–water partition coefficient (Wildman–Crippen LogP) is 3.59. The number of carbonyl (C=O) groups is 1. The first kappa shape index (κ1) is 15.8. The fraction of sp³-hybridized carbons (Fsp3) is 0.714. The van der Waals surface area contributed by atoms with E-state index in [2.05, 4.69) is 11.6 Å². The Hall–Kier alpha value is -1.21. The summed E-state index contributed by atoms with van der Waals surface area (Å²) in [5.74, 6) is 0.191. The molecular formula is C14H23NO2. The molecule has 0 heterocycles. The number of hydrogen-bond donors (Lipinski definition) is 0. The lowest BCUT2D eigenvalue weighted by Gasteiger charge is -2.01. The van der Waals surface area contributed by atoms with Crippen molar-refractivity contribution < 1.29 is 9.59 Å². The molecule has 3 nitrogen and oxygen atoms in total. The number of rotatable bonds is 11. The average Bonchev–Trinajstić information content (AvgIpc) is 2.31. The SMILES string of the molecule is C=C(C)C(=O)CCCCCCCCCN=C=O. The molecule has 0 atom stereocenters. The van der Waals surface area contributed by atoms with Gasteiger partial charge in [-0.2, -0.15) is 0 Å². The van der Waals surface area contributed by atoms with Crippen LogP contribution in [-0.4, -0.2) is 18.4 Å². The molecule has 0 fully saturated rings. The van der Waals surface area contributed by atoms with Crippen molar-refractivity contribution in [1.29, 1.82) is 0 Å². The summed E-state index contributed by atoms with van der Waals surface area (Å²) in [4.78, 5) is 24.5. The van der Waals surface area contributed by atoms with Crippen LogP contribution in [0.15, 0.2) is 17.1 Å². The smallest absolute Gasteiger partial charge is 0.234 e. The molecule has 96 valence electrons. The molecule has 0 spiro atoms. The van der Waals surface area contributed by atoms with Crippen LogP contribution in [0.2, 0.25) is 0 Å². The largest absolute Gasteiger partial charge is 0.295 e. The zero-order valence-corrected chi connectivity index (χ0v) is 10.8. The maximum atomic E-state index is 11.2. The fourth-order valence-electron chi connectivity index (χ4n) is 1.62. The first-order valence-electron chi connectivity index (χ1n) is 6.41. The van der Waals surface area contributed by atoms with Crippen LogP contribution in [0, 0.1) is 0 Å². The van der Waals surface area contributed by atoms with Crippen LogP contribution >= 0.6 is 0 Å². The molecule has 0 N–H and O–H groups in total. The van der Waals surface area contributed by atoms with Gasteiger partial charge in [0.15, 0.2) is 5.78 Å². The number of aliphatic imine (C=N–C) groups is 1. The van der Waals surface area contributed by atoms with Gasteiger partial charge < -0.3 is 0 Å². The fourth-order valence-corrected chi connectivity index (χ4v) is 1.62. The van der Waals surface area contributed by atoms with Crippen molar-refractivity contribution in [1.82, 2.24) is 0 Å². The number of Topliss-reactive ketones (excluding diaryl/α,β-unsaturated/α-hetero) is 1. The summed E-state index contributed by atoms with van der Waals surface area (Å²) < 4.78 is 0. The molecule has 0 aromatic rings. The maximum Gasteiger partial charge on any atom is 0.234 e. The Morgan fingerprint density at radius 2 is 1.59 bits per heavy atom. The lowest BCUT2D eigenvalue weighted by atomic mass is 10.0. The number of ketones is 1. The van der Waals surface area contributed by atoms with E-state index < -0.39 is 0 Å². The average molecular weight is 237 g/mol. The third kappa shape index (κ3) is 11.1. The van der Waals surface area contributed by atoms with Crippen molar-refractivity contribution in [2.45, 2.75) is 58.3 Å². The normalized spacial score (nSPS) is 9.71. The highest BCUT2D eigenvalue weighted by Gasteiger charge is 2.01. The molecule has 0 unspecified atom stereocenters. The molecule has 3 heteroatoms. The molecular weight excluding hydrogens is 214 g/mol. The topological polar surface area (TPSA) is 46.5 Å². The van der Waals surface area contributed by atoms with Gasteiger partial charge in [-0.1, -0.05) is 38.7 Å². The van der Waals surface area contributed by atoms with E-state index in [1.165, 1.54) is 19.3 Å². The Kier molecular flexibility index (Phi) is 10.5. The highest BCUT2D eigenvalue weighted by atomic mass is 16.1. The molecule has 0 amide bonds. The van der Waals surface area contributed by atoms with Crippen LogP contribution in [0.25, 0.3) is 0 Å². The minimum Gasteiger partial charge on any atom is -0.295 e. The highest BCUT2D eigenvalue weighted by Crippen LogP contribution is 2.10. The van der Waals surface area contributed by atoms with E-state index in [9.17, 15) is 9.59 Å². The Bertz CT molecular complexity index is 278. The summed E-state index contributed by atoms with van der Waals surface area (Å²) in [6.45, 7) is 6.01. The third-order valence-corrected chi connectivity index (χ3v) is 2.71. The van der Waals surface area contributed by atoms with E-state index in [0.717, 1.165) is 25.7 Å². The standard InChI is InChI=1S/C14H23NO2/c1-13(2)14(17)10-8-6-4-3-5-7-9-11-15-12-16/h1,3-11H2,2H3. The van der Waals surface area contributed by atoms with Crippen molar-refractivity contribution in [3.8, 4) is 0 Å². The van der Waals surface area contributed by atoms with Gasteiger partial charge in [0.2, 0.25) is 6.08 Å². The van der Waals surface area contributed by atoms with E-state index in [4.69, 9.17) is 0 Å². The summed E-state index contributed by atoms with van der Waals surface area (Å²) in [6, 6.07) is 0. The number of allylic oxidation sites excluding steroid dienone is 1. The molecule has 0 saturated heterocycles. The second-order valence-corrected chi connectivity index (χ2v) is 4.40. The van der Waals surface area contributed by atoms with Gasteiger partial charge in [0.1, 0.15) is 0 Å². The Morgan fingerprint density at radius 3 is 2.12 bits per heavy atom. The highest BCUT2D eigenvalue weighted by molar-refractivity contribution is 5.93. The zero-order chi connectivity index (χ0) is 12.9. The van der Waals surface area contributed by atoms with E-state index in [-0.39, 0.29) is 5.78 Å². The molecule has 0 aliphatic carbocycles. The first-order chi connectivity index (χ1) is 8.18. The van der Waals surface area contributed by atoms with Gasteiger partial charge in [0, 0.05) is 6.42 Å². The minimum absolute atomic E-state index is 0.191. The van der Waals surface area contributed by atoms with E-state index in [1.54, 1.807) is 13.0 Å². The van der Waals surface area contributed by atoms with Crippen LogP contribution in [0.4, 0.5) is 0 Å². The maximum absolute atomic E-state index is 11.2. The number of hydrogen-bond acceptors (Lipinski definition) is 3. The Labute approximate surface area is 104 Å². The summed E-state index contributed by atoms with van der Waals surface area (Å²) in [6.07, 6.45) is 9.94. The van der Waals surface area contributed by atoms with Crippen molar-refractivity contribution >= 4 is 11.9 Å². The minimum atomic E-state index is 0.191. The molecule has 0 rings (SSSR count). The predicted molar refractivity (Wildman–Crippen MR) is 69.7 cm³/mol. The lowest BCUT2D eigenvalue weighted by molar-refractivity contribution is -0.115. The van der Waals surface area contributed by atoms with Crippen LogP contribution in [0.3, 0.4) is 0 Å². The third-order valence-electron chi connectivity index (χ3n) is 2.71. The molecule has 0 aromatic heterocycles. The molecule has 0 aliphatic rings. The molecule has 0 saturated carbocycles. The lowest BCUT2D eigenvalue weighted by Crippen LogP contribution is -1.97. The first-order valence-corrected chi connectivity index (χ1v) is 6.41. The van der Waals surface area contributed by atoms with Crippen LogP contribution in [0.5, 0.6) is 0 Å². The van der Waals surface area contributed by atoms with E-state index in [1.807, 2.05) is 0 Å². The quantitative estimate of drug-likeness (QED) is 0.238. The Balaban J connectivity index is 3.16. The van der Waals surface area contributed by atoms with Crippen molar-refractivity contribution in [2.24, 2.45) is 4.99 Å². The number of carbonyl (C=O) groups excluding carboxylic acids is 2. The Morgan fingerprint density at radius 1 is 1.06 bits per heavy atom. The van der Waals surface area contributed by atoms with Gasteiger partial charge >= 0.3 is 0 Å². The molecule has 0 bridgehead atoms. The number of nitrogens with zero attached hydrogens (tertiary/aromatic N) is 1. The van der Waals surface area contributed by atoms with E-state index in [0.29, 0.717) is 18.5 Å². The van der Waals surface area contributed by atoms with Crippen LogP contribution in [0.1, 0.15) is 58.3 Å². The van der Waals surface area contributed by atoms with Crippen molar-refractivity contribution in [3.63, 3.8) is 0 Å². The number of isocyanates is 1. The van der Waals surface area contributed by atoms with Gasteiger partial charge in [-0.15, -0.1) is 0 Å². The van der Waals surface area contributed by atoms with Crippen molar-refractivity contribution in [3.05, 3.63) is 12.2 Å². The second kappa shape index (κ2) is 11.3. The van der Waals surface area contributed by atoms with Gasteiger partial charge in [-0.05, 0) is 25.3 Å². The zero-order valence-electron chi connectivity index (χ0n) is 10.8. The second-order valence-electron chi connectivity index (χ2n) is 4.40. The molecule has 17 heavy (non-hydrogen) atoms. The summed E-state index contributed by atoms with van der Waals surface area (Å²) in [5, 5.41) is 0. The van der Waals surface area contributed by atoms with Gasteiger partial charge in [0.25, 0.3) is 0 Å². The van der Waals surface area contributed by atoms with Gasteiger partial charge in [-0.3, -0.25) is 4.79 Å². The van der Waals surface area contributed by atoms with Crippen molar-refractivity contribution in [2.75, 3.05) is 6.54 Å². The number of unbranched alkanes of at least 4 members (excludes halogenated alkanes) is 6. The molecule has 0 radical (unpaired) electrons. The monoisotopic (exact) mass is 237 g/mol. The van der Waals surface area contributed by atoms with E-state index >= 15 is 0 Å². The van der Waals surface area contributed by atoms with Gasteiger partial charge in [0.05, 0.1) is 6.54 Å².